The van der Waals surface area contributed by atoms with Crippen molar-refractivity contribution in [3.63, 3.8) is 0 Å². The Balaban J connectivity index is 1.14. The van der Waals surface area contributed by atoms with Crippen LogP contribution in [0, 0.1) is 0 Å². The maximum Gasteiger partial charge on any atom is 0.160 e. The van der Waals surface area contributed by atoms with Gasteiger partial charge in [0.1, 0.15) is 0 Å². The van der Waals surface area contributed by atoms with E-state index >= 15 is 0 Å². The molecule has 0 aliphatic rings. The molecule has 73 heavy (non-hydrogen) atoms. The summed E-state index contributed by atoms with van der Waals surface area (Å²) >= 11 is 0. The molecule has 4 aromatic heterocycles. The van der Waals surface area contributed by atoms with Gasteiger partial charge in [0.25, 0.3) is 0 Å². The second-order valence-corrected chi connectivity index (χ2v) is 18.9. The molecular weight excluding hydrogens is 887 g/mol. The lowest BCUT2D eigenvalue weighted by Crippen LogP contribution is -2.10. The zero-order chi connectivity index (χ0) is 48.0. The van der Waals surface area contributed by atoms with E-state index in [0.717, 1.165) is 89.4 Å². The molecule has 340 valence electrons. The minimum atomic E-state index is 0.656. The van der Waals surface area contributed by atoms with Crippen molar-refractivity contribution in [2.75, 3.05) is 0 Å². The highest BCUT2D eigenvalue weighted by Gasteiger charge is 2.27. The first-order valence-corrected chi connectivity index (χ1v) is 24.9. The van der Waals surface area contributed by atoms with Crippen LogP contribution < -0.4 is 0 Å². The third kappa shape index (κ3) is 6.35. The van der Waals surface area contributed by atoms with Crippen LogP contribution in [0.25, 0.3) is 138 Å². The number of para-hydroxylation sites is 6. The fourth-order valence-electron chi connectivity index (χ4n) is 11.7. The minimum absolute atomic E-state index is 0.656. The lowest BCUT2D eigenvalue weighted by atomic mass is 9.91. The lowest BCUT2D eigenvalue weighted by molar-refractivity contribution is 1.05. The van der Waals surface area contributed by atoms with Gasteiger partial charge >= 0.3 is 0 Å². The van der Waals surface area contributed by atoms with Crippen molar-refractivity contribution in [3.8, 4) is 62.1 Å². The number of nitrogens with zero attached hydrogens (tertiary/aromatic N) is 5. The largest absolute Gasteiger partial charge is 0.307 e. The summed E-state index contributed by atoms with van der Waals surface area (Å²) in [5.41, 5.74) is 16.7. The number of rotatable bonds is 7. The predicted octanol–water partition coefficient (Wildman–Crippen LogP) is 17.6. The second-order valence-electron chi connectivity index (χ2n) is 18.9. The summed E-state index contributed by atoms with van der Waals surface area (Å²) in [6.07, 6.45) is 0. The van der Waals surface area contributed by atoms with E-state index in [9.17, 15) is 0 Å². The van der Waals surface area contributed by atoms with Crippen LogP contribution in [-0.4, -0.2) is 23.7 Å². The van der Waals surface area contributed by atoms with Crippen molar-refractivity contribution in [2.24, 2.45) is 0 Å². The van der Waals surface area contributed by atoms with Crippen molar-refractivity contribution >= 4 is 76.2 Å². The number of aromatic nitrogens is 5. The number of fused-ring (bicyclic) bond motifs is 10. The van der Waals surface area contributed by atoms with Crippen molar-refractivity contribution in [3.05, 3.63) is 261 Å². The highest BCUT2D eigenvalue weighted by Crippen LogP contribution is 2.46. The third-order valence-electron chi connectivity index (χ3n) is 14.8. The Morgan fingerprint density at radius 1 is 0.260 bits per heavy atom. The van der Waals surface area contributed by atoms with Gasteiger partial charge in [0.15, 0.2) is 5.82 Å². The molecular formula is C68H43N5. The first kappa shape index (κ1) is 41.0. The van der Waals surface area contributed by atoms with Crippen LogP contribution in [0.4, 0.5) is 0 Å². The van der Waals surface area contributed by atoms with Gasteiger partial charge in [-0.2, -0.15) is 0 Å². The standard InChI is InChI=1S/C68H43N5/c1-3-22-45(23-4-1)66-48-26-8-7-21-44(48)39-40-55(66)57-43-56(69-68(70-57)46-24-5-2-6-25-46)47-41-64(71-58-33-15-9-27-49(58)50-28-10-16-34-59(50)71)67(73-62-37-19-13-31-53(62)54-32-14-20-38-63(54)73)65(42-47)72-60-35-17-11-29-51(60)52-30-12-18-36-61(52)72/h1-43H. The summed E-state index contributed by atoms with van der Waals surface area (Å²) in [5, 5.41) is 9.50. The van der Waals surface area contributed by atoms with Gasteiger partial charge < -0.3 is 13.7 Å². The molecule has 0 saturated heterocycles. The van der Waals surface area contributed by atoms with Gasteiger partial charge in [-0.1, -0.05) is 206 Å². The molecule has 11 aromatic carbocycles. The molecule has 0 aliphatic heterocycles. The smallest absolute Gasteiger partial charge is 0.160 e. The van der Waals surface area contributed by atoms with Crippen molar-refractivity contribution in [2.45, 2.75) is 0 Å². The van der Waals surface area contributed by atoms with Crippen LogP contribution in [0.2, 0.25) is 0 Å². The molecule has 15 rings (SSSR count). The van der Waals surface area contributed by atoms with Gasteiger partial charge in [0, 0.05) is 49.0 Å². The molecule has 5 heteroatoms. The van der Waals surface area contributed by atoms with E-state index in [2.05, 4.69) is 275 Å². The van der Waals surface area contributed by atoms with Crippen molar-refractivity contribution < 1.29 is 0 Å². The third-order valence-corrected chi connectivity index (χ3v) is 14.8. The summed E-state index contributed by atoms with van der Waals surface area (Å²) in [7, 11) is 0. The lowest BCUT2D eigenvalue weighted by Gasteiger charge is -2.24. The molecule has 0 amide bonds. The fraction of sp³-hybridized carbons (Fsp3) is 0. The zero-order valence-corrected chi connectivity index (χ0v) is 39.6. The summed E-state index contributed by atoms with van der Waals surface area (Å²) in [5.74, 6) is 0.656. The monoisotopic (exact) mass is 929 g/mol. The van der Waals surface area contributed by atoms with E-state index in [1.54, 1.807) is 0 Å². The maximum atomic E-state index is 5.61. The molecule has 5 nitrogen and oxygen atoms in total. The predicted molar refractivity (Wildman–Crippen MR) is 304 cm³/mol. The SMILES string of the molecule is c1ccc(-c2nc(-c3cc(-n4c5ccccc5c5ccccc54)c(-n4c5ccccc5c5ccccc54)c(-n4c5ccccc5c5ccccc54)c3)cc(-c3ccc4ccccc4c3-c3ccccc3)n2)cc1. The Hall–Kier alpha value is -9.84. The Labute approximate surface area is 420 Å². The number of hydrogen-bond acceptors (Lipinski definition) is 2. The van der Waals surface area contributed by atoms with Gasteiger partial charge in [0.2, 0.25) is 0 Å². The number of hydrogen-bond donors (Lipinski definition) is 0. The Morgan fingerprint density at radius 3 is 1.10 bits per heavy atom. The van der Waals surface area contributed by atoms with Gasteiger partial charge in [-0.05, 0) is 76.5 Å². The summed E-state index contributed by atoms with van der Waals surface area (Å²) in [6, 6.07) is 94.2. The average Bonchev–Trinajstić information content (AvgIpc) is 4.11. The normalized spacial score (nSPS) is 11.8. The van der Waals surface area contributed by atoms with E-state index in [0.29, 0.717) is 5.82 Å². The van der Waals surface area contributed by atoms with Crippen LogP contribution >= 0.6 is 0 Å². The van der Waals surface area contributed by atoms with Crippen LogP contribution in [0.15, 0.2) is 261 Å². The van der Waals surface area contributed by atoms with E-state index in [1.807, 2.05) is 0 Å². The first-order chi connectivity index (χ1) is 36.2. The Morgan fingerprint density at radius 2 is 0.630 bits per heavy atom. The number of benzene rings is 11. The van der Waals surface area contributed by atoms with Gasteiger partial charge in [-0.25, -0.2) is 9.97 Å². The minimum Gasteiger partial charge on any atom is -0.307 e. The van der Waals surface area contributed by atoms with Crippen LogP contribution in [0.5, 0.6) is 0 Å². The average molecular weight is 930 g/mol. The quantitative estimate of drug-likeness (QED) is 0.160. The van der Waals surface area contributed by atoms with Crippen molar-refractivity contribution in [1.29, 1.82) is 0 Å². The highest BCUT2D eigenvalue weighted by molar-refractivity contribution is 6.14. The molecule has 0 fully saturated rings. The van der Waals surface area contributed by atoms with Crippen molar-refractivity contribution in [1.82, 2.24) is 23.7 Å². The molecule has 0 unspecified atom stereocenters. The fourth-order valence-corrected chi connectivity index (χ4v) is 11.7. The summed E-state index contributed by atoms with van der Waals surface area (Å²) < 4.78 is 7.48. The highest BCUT2D eigenvalue weighted by atomic mass is 15.1. The van der Waals surface area contributed by atoms with E-state index < -0.39 is 0 Å². The summed E-state index contributed by atoms with van der Waals surface area (Å²) in [4.78, 5) is 11.1. The molecule has 4 heterocycles. The molecule has 0 aliphatic carbocycles. The summed E-state index contributed by atoms with van der Waals surface area (Å²) in [6.45, 7) is 0. The maximum absolute atomic E-state index is 5.61. The first-order valence-electron chi connectivity index (χ1n) is 24.9. The van der Waals surface area contributed by atoms with E-state index in [1.165, 1.54) is 43.1 Å². The molecule has 0 bridgehead atoms. The molecule has 0 N–H and O–H groups in total. The molecule has 15 aromatic rings. The van der Waals surface area contributed by atoms with Crippen LogP contribution in [0.1, 0.15) is 0 Å². The van der Waals surface area contributed by atoms with E-state index in [-0.39, 0.29) is 0 Å². The van der Waals surface area contributed by atoms with Gasteiger partial charge in [0.05, 0.1) is 61.6 Å². The topological polar surface area (TPSA) is 40.6 Å². The molecule has 0 atom stereocenters. The van der Waals surface area contributed by atoms with Gasteiger partial charge in [-0.3, -0.25) is 0 Å². The van der Waals surface area contributed by atoms with Gasteiger partial charge in [-0.15, -0.1) is 0 Å². The Kier molecular flexibility index (Phi) is 9.19. The Bertz CT molecular complexity index is 4380. The van der Waals surface area contributed by atoms with E-state index in [4.69, 9.17) is 9.97 Å². The van der Waals surface area contributed by atoms with Crippen LogP contribution in [0.3, 0.4) is 0 Å². The second kappa shape index (κ2) is 16.4. The molecule has 0 spiro atoms. The zero-order valence-electron chi connectivity index (χ0n) is 39.6. The van der Waals surface area contributed by atoms with Crippen LogP contribution in [-0.2, 0) is 0 Å². The molecule has 0 saturated carbocycles. The molecule has 0 radical (unpaired) electrons.